The molecule has 0 fully saturated rings. The number of rotatable bonds is 6. The van der Waals surface area contributed by atoms with Gasteiger partial charge in [0.05, 0.1) is 0 Å². The summed E-state index contributed by atoms with van der Waals surface area (Å²) in [5.74, 6) is 0. The first kappa shape index (κ1) is 19.6. The van der Waals surface area contributed by atoms with Crippen LogP contribution in [-0.2, 0) is 6.42 Å². The Hall–Kier alpha value is -3.38. The molecule has 0 nitrogen and oxygen atoms in total. The molecule has 0 saturated heterocycles. The average Bonchev–Trinajstić information content (AvgIpc) is 3.27. The van der Waals surface area contributed by atoms with Crippen molar-refractivity contribution in [2.45, 2.75) is 32.6 Å². The minimum absolute atomic E-state index is 1.09. The maximum atomic E-state index is 2.42. The fourth-order valence-electron chi connectivity index (χ4n) is 4.65. The van der Waals surface area contributed by atoms with Crippen molar-refractivity contribution in [3.05, 3.63) is 114 Å². The zero-order valence-electron chi connectivity index (χ0n) is 18.1. The Balaban J connectivity index is 1.62. The van der Waals surface area contributed by atoms with E-state index in [0.717, 1.165) is 6.42 Å². The number of hydrogen-bond acceptors (Lipinski definition) is 0. The number of benzene rings is 4. The summed E-state index contributed by atoms with van der Waals surface area (Å²) in [5, 5.41) is 0. The fraction of sp³-hybridized carbons (Fsp3) is 0.161. The van der Waals surface area contributed by atoms with Gasteiger partial charge in [-0.1, -0.05) is 104 Å². The van der Waals surface area contributed by atoms with Crippen molar-refractivity contribution in [3.63, 3.8) is 0 Å². The van der Waals surface area contributed by atoms with Crippen LogP contribution in [0.5, 0.6) is 0 Å². The number of allylic oxidation sites excluding steroid dienone is 1. The summed E-state index contributed by atoms with van der Waals surface area (Å²) in [7, 11) is 0. The van der Waals surface area contributed by atoms with Crippen LogP contribution in [0.4, 0.5) is 0 Å². The number of hydrogen-bond donors (Lipinski definition) is 0. The molecule has 0 N–H and O–H groups in total. The predicted molar refractivity (Wildman–Crippen MR) is 134 cm³/mol. The van der Waals surface area contributed by atoms with E-state index >= 15 is 0 Å². The van der Waals surface area contributed by atoms with Gasteiger partial charge >= 0.3 is 0 Å². The molecule has 0 aliphatic heterocycles. The highest BCUT2D eigenvalue weighted by atomic mass is 14.2. The van der Waals surface area contributed by atoms with Crippen LogP contribution in [0.3, 0.4) is 0 Å². The van der Waals surface area contributed by atoms with Crippen LogP contribution in [0.2, 0.25) is 0 Å². The smallest absolute Gasteiger partial charge is 0.00517 e. The molecular weight excluding hydrogens is 372 g/mol. The van der Waals surface area contributed by atoms with Gasteiger partial charge in [-0.3, -0.25) is 0 Å². The molecule has 0 saturated carbocycles. The van der Waals surface area contributed by atoms with Crippen molar-refractivity contribution in [1.29, 1.82) is 0 Å². The minimum Gasteiger partial charge on any atom is -0.0654 e. The van der Waals surface area contributed by atoms with Crippen molar-refractivity contribution < 1.29 is 0 Å². The van der Waals surface area contributed by atoms with Crippen LogP contribution >= 0.6 is 0 Å². The third kappa shape index (κ3) is 4.11. The van der Waals surface area contributed by atoms with E-state index in [4.69, 9.17) is 0 Å². The average molecular weight is 401 g/mol. The normalized spacial score (nSPS) is 12.5. The van der Waals surface area contributed by atoms with Crippen LogP contribution in [0, 0.1) is 0 Å². The molecular formula is C31H28. The minimum atomic E-state index is 1.09. The van der Waals surface area contributed by atoms with Gasteiger partial charge in [0.25, 0.3) is 0 Å². The van der Waals surface area contributed by atoms with E-state index < -0.39 is 0 Å². The Bertz CT molecular complexity index is 1160. The van der Waals surface area contributed by atoms with E-state index in [0.29, 0.717) is 0 Å². The summed E-state index contributed by atoms with van der Waals surface area (Å²) in [6.07, 6.45) is 7.25. The number of fused-ring (bicyclic) bond motifs is 1. The first-order valence-corrected chi connectivity index (χ1v) is 11.4. The first-order chi connectivity index (χ1) is 15.3. The molecule has 0 amide bonds. The lowest BCUT2D eigenvalue weighted by atomic mass is 9.90. The maximum Gasteiger partial charge on any atom is -0.00517 e. The summed E-state index contributed by atoms with van der Waals surface area (Å²) >= 11 is 0. The van der Waals surface area contributed by atoms with Gasteiger partial charge in [-0.25, -0.2) is 0 Å². The van der Waals surface area contributed by atoms with Crippen LogP contribution in [-0.4, -0.2) is 0 Å². The molecule has 4 aromatic carbocycles. The lowest BCUT2D eigenvalue weighted by Gasteiger charge is -2.14. The van der Waals surface area contributed by atoms with E-state index in [9.17, 15) is 0 Å². The van der Waals surface area contributed by atoms with Gasteiger partial charge in [0, 0.05) is 0 Å². The molecule has 0 heteroatoms. The standard InChI is InChI=1S/C31H28/c1-2-3-11-23-18-26-16-10-17-30(31(26)19-23)29-21-27(24-12-6-4-7-13-24)20-28(22-29)25-14-8-5-9-15-25/h4-10,12-18,20-22H,2-3,11,19H2,1H3. The Morgan fingerprint density at radius 3 is 1.84 bits per heavy atom. The van der Waals surface area contributed by atoms with Gasteiger partial charge in [0.15, 0.2) is 0 Å². The summed E-state index contributed by atoms with van der Waals surface area (Å²) in [4.78, 5) is 0. The van der Waals surface area contributed by atoms with Crippen molar-refractivity contribution in [2.24, 2.45) is 0 Å². The molecule has 0 atom stereocenters. The van der Waals surface area contributed by atoms with Crippen LogP contribution in [0.15, 0.2) is 103 Å². The monoisotopic (exact) mass is 400 g/mol. The second-order valence-corrected chi connectivity index (χ2v) is 8.49. The van der Waals surface area contributed by atoms with Crippen LogP contribution < -0.4 is 0 Å². The second kappa shape index (κ2) is 8.78. The molecule has 0 bridgehead atoms. The predicted octanol–water partition coefficient (Wildman–Crippen LogP) is 8.82. The van der Waals surface area contributed by atoms with Crippen molar-refractivity contribution in [1.82, 2.24) is 0 Å². The largest absolute Gasteiger partial charge is 0.0654 e. The molecule has 5 rings (SSSR count). The van der Waals surface area contributed by atoms with E-state index in [-0.39, 0.29) is 0 Å². The summed E-state index contributed by atoms with van der Waals surface area (Å²) < 4.78 is 0. The quantitative estimate of drug-likeness (QED) is 0.303. The molecule has 0 aromatic heterocycles. The molecule has 0 unspecified atom stereocenters. The van der Waals surface area contributed by atoms with E-state index in [1.165, 1.54) is 63.8 Å². The molecule has 1 aliphatic carbocycles. The number of unbranched alkanes of at least 4 members (excludes halogenated alkanes) is 1. The fourth-order valence-corrected chi connectivity index (χ4v) is 4.65. The molecule has 0 spiro atoms. The molecule has 31 heavy (non-hydrogen) atoms. The molecule has 0 radical (unpaired) electrons. The third-order valence-corrected chi connectivity index (χ3v) is 6.29. The van der Waals surface area contributed by atoms with Gasteiger partial charge in [0.2, 0.25) is 0 Å². The first-order valence-electron chi connectivity index (χ1n) is 11.4. The maximum absolute atomic E-state index is 2.42. The SMILES string of the molecule is CCCCC1=Cc2cccc(-c3cc(-c4ccccc4)cc(-c4ccccc4)c3)c2C1. The lowest BCUT2D eigenvalue weighted by molar-refractivity contribution is 0.779. The van der Waals surface area contributed by atoms with E-state index in [1.807, 2.05) is 0 Å². The van der Waals surface area contributed by atoms with Crippen molar-refractivity contribution in [3.8, 4) is 33.4 Å². The molecule has 1 aliphatic rings. The molecule has 0 heterocycles. The highest BCUT2D eigenvalue weighted by molar-refractivity contribution is 5.84. The van der Waals surface area contributed by atoms with Crippen molar-refractivity contribution in [2.75, 3.05) is 0 Å². The second-order valence-electron chi connectivity index (χ2n) is 8.49. The van der Waals surface area contributed by atoms with Gasteiger partial charge in [-0.05, 0) is 82.0 Å². The van der Waals surface area contributed by atoms with E-state index in [1.54, 1.807) is 5.57 Å². The zero-order chi connectivity index (χ0) is 21.0. The van der Waals surface area contributed by atoms with Gasteiger partial charge in [0.1, 0.15) is 0 Å². The topological polar surface area (TPSA) is 0 Å². The van der Waals surface area contributed by atoms with Crippen LogP contribution in [0.1, 0.15) is 37.3 Å². The lowest BCUT2D eigenvalue weighted by Crippen LogP contribution is -1.92. The Morgan fingerprint density at radius 1 is 0.613 bits per heavy atom. The van der Waals surface area contributed by atoms with Crippen LogP contribution in [0.25, 0.3) is 39.5 Å². The summed E-state index contributed by atoms with van der Waals surface area (Å²) in [5.41, 5.74) is 12.2. The molecule has 152 valence electrons. The van der Waals surface area contributed by atoms with Gasteiger partial charge < -0.3 is 0 Å². The Labute approximate surface area is 185 Å². The summed E-state index contributed by atoms with van der Waals surface area (Å²) in [6, 6.07) is 35.3. The van der Waals surface area contributed by atoms with Crippen molar-refractivity contribution >= 4 is 6.08 Å². The van der Waals surface area contributed by atoms with E-state index in [2.05, 4.69) is 110 Å². The highest BCUT2D eigenvalue weighted by Crippen LogP contribution is 2.39. The zero-order valence-corrected chi connectivity index (χ0v) is 18.1. The van der Waals surface area contributed by atoms with Gasteiger partial charge in [-0.2, -0.15) is 0 Å². The Morgan fingerprint density at radius 2 is 1.23 bits per heavy atom. The van der Waals surface area contributed by atoms with Gasteiger partial charge in [-0.15, -0.1) is 0 Å². The molecule has 4 aromatic rings. The third-order valence-electron chi connectivity index (χ3n) is 6.29. The highest BCUT2D eigenvalue weighted by Gasteiger charge is 2.18. The summed E-state index contributed by atoms with van der Waals surface area (Å²) in [6.45, 7) is 2.27. The Kier molecular flexibility index (Phi) is 5.54.